The molecular formula is C18H14ClN3. The molecule has 0 spiro atoms. The van der Waals surface area contributed by atoms with Crippen molar-refractivity contribution in [1.29, 1.82) is 5.26 Å². The molecule has 0 fully saturated rings. The van der Waals surface area contributed by atoms with Crippen molar-refractivity contribution in [3.05, 3.63) is 88.5 Å². The molecule has 0 aliphatic rings. The van der Waals surface area contributed by atoms with Gasteiger partial charge in [0.2, 0.25) is 0 Å². The molecule has 1 unspecified atom stereocenters. The maximum absolute atomic E-state index is 8.89. The van der Waals surface area contributed by atoms with Gasteiger partial charge in [-0.2, -0.15) is 5.26 Å². The number of H-pyrrole nitrogens is 1. The van der Waals surface area contributed by atoms with Crippen molar-refractivity contribution >= 4 is 11.6 Å². The monoisotopic (exact) mass is 307 g/mol. The van der Waals surface area contributed by atoms with Gasteiger partial charge in [0, 0.05) is 23.3 Å². The van der Waals surface area contributed by atoms with Gasteiger partial charge in [-0.05, 0) is 41.8 Å². The first-order valence-corrected chi connectivity index (χ1v) is 7.38. The predicted octanol–water partition coefficient (Wildman–Crippen LogP) is 4.31. The van der Waals surface area contributed by atoms with E-state index >= 15 is 0 Å². The van der Waals surface area contributed by atoms with Gasteiger partial charge in [-0.3, -0.25) is 0 Å². The number of benzene rings is 2. The normalized spacial score (nSPS) is 11.8. The third-order valence-electron chi connectivity index (χ3n) is 3.62. The molecule has 1 N–H and O–H groups in total. The molecule has 1 heterocycles. The molecule has 0 radical (unpaired) electrons. The quantitative estimate of drug-likeness (QED) is 0.781. The number of nitriles is 1. The molecule has 0 saturated heterocycles. The minimum Gasteiger partial charge on any atom is -0.348 e. The summed E-state index contributed by atoms with van der Waals surface area (Å²) in [6.07, 6.45) is 4.37. The Bertz CT molecular complexity index is 786. The fourth-order valence-corrected chi connectivity index (χ4v) is 2.71. The van der Waals surface area contributed by atoms with Gasteiger partial charge in [0.15, 0.2) is 0 Å². The van der Waals surface area contributed by atoms with Crippen LogP contribution in [0.1, 0.15) is 28.4 Å². The summed E-state index contributed by atoms with van der Waals surface area (Å²) < 4.78 is 0. The molecule has 0 saturated carbocycles. The first kappa shape index (κ1) is 14.4. The molecule has 1 aromatic heterocycles. The number of nitrogens with zero attached hydrogens (tertiary/aromatic N) is 2. The lowest BCUT2D eigenvalue weighted by atomic mass is 9.91. The van der Waals surface area contributed by atoms with Crippen LogP contribution in [0.15, 0.2) is 60.9 Å². The lowest BCUT2D eigenvalue weighted by Gasteiger charge is -2.16. The molecule has 3 nitrogen and oxygen atoms in total. The fraction of sp³-hybridized carbons (Fsp3) is 0.111. The third-order valence-corrected chi connectivity index (χ3v) is 3.86. The zero-order valence-corrected chi connectivity index (χ0v) is 12.6. The Morgan fingerprint density at radius 2 is 2.00 bits per heavy atom. The molecule has 108 valence electrons. The number of rotatable bonds is 4. The molecule has 0 aliphatic heterocycles. The van der Waals surface area contributed by atoms with Gasteiger partial charge in [0.1, 0.15) is 5.82 Å². The van der Waals surface area contributed by atoms with Crippen molar-refractivity contribution < 1.29 is 0 Å². The first-order chi connectivity index (χ1) is 10.8. The van der Waals surface area contributed by atoms with E-state index < -0.39 is 0 Å². The van der Waals surface area contributed by atoms with Crippen LogP contribution < -0.4 is 0 Å². The standard InChI is InChI=1S/C18H14ClN3/c19-16-3-1-2-15(11-16)17(18-21-8-9-22-18)10-13-4-6-14(12-20)7-5-13/h1-9,11,17H,10H2,(H,21,22). The van der Waals surface area contributed by atoms with Gasteiger partial charge in [-0.15, -0.1) is 0 Å². The second kappa shape index (κ2) is 6.46. The average Bonchev–Trinajstić information content (AvgIpc) is 3.07. The van der Waals surface area contributed by atoms with E-state index in [-0.39, 0.29) is 5.92 Å². The van der Waals surface area contributed by atoms with Crippen LogP contribution in [0.4, 0.5) is 0 Å². The third kappa shape index (κ3) is 3.19. The Kier molecular flexibility index (Phi) is 4.22. The van der Waals surface area contributed by atoms with Crippen molar-refractivity contribution in [2.24, 2.45) is 0 Å². The Labute approximate surface area is 134 Å². The molecule has 0 aliphatic carbocycles. The summed E-state index contributed by atoms with van der Waals surface area (Å²) in [5.41, 5.74) is 2.94. The van der Waals surface area contributed by atoms with E-state index in [0.717, 1.165) is 23.4 Å². The summed E-state index contributed by atoms with van der Waals surface area (Å²) in [6, 6.07) is 17.6. The maximum atomic E-state index is 8.89. The number of hydrogen-bond acceptors (Lipinski definition) is 2. The molecule has 3 aromatic rings. The van der Waals surface area contributed by atoms with Crippen molar-refractivity contribution in [3.63, 3.8) is 0 Å². The summed E-state index contributed by atoms with van der Waals surface area (Å²) in [5.74, 6) is 1.01. The second-order valence-electron chi connectivity index (χ2n) is 5.09. The van der Waals surface area contributed by atoms with Crippen molar-refractivity contribution in [1.82, 2.24) is 9.97 Å². The Morgan fingerprint density at radius 3 is 2.64 bits per heavy atom. The van der Waals surface area contributed by atoms with Gasteiger partial charge < -0.3 is 4.98 Å². The lowest BCUT2D eigenvalue weighted by molar-refractivity contribution is 0.751. The molecular weight excluding hydrogens is 294 g/mol. The van der Waals surface area contributed by atoms with Crippen LogP contribution in [0, 0.1) is 11.3 Å². The number of aromatic amines is 1. The smallest absolute Gasteiger partial charge is 0.113 e. The van der Waals surface area contributed by atoms with E-state index in [0.29, 0.717) is 10.6 Å². The van der Waals surface area contributed by atoms with Gasteiger partial charge in [0.05, 0.1) is 11.6 Å². The SMILES string of the molecule is N#Cc1ccc(CC(c2cccc(Cl)c2)c2ncc[nH]2)cc1. The van der Waals surface area contributed by atoms with Crippen LogP contribution in [-0.4, -0.2) is 9.97 Å². The summed E-state index contributed by atoms with van der Waals surface area (Å²) in [7, 11) is 0. The topological polar surface area (TPSA) is 52.5 Å². The Morgan fingerprint density at radius 1 is 1.18 bits per heavy atom. The highest BCUT2D eigenvalue weighted by Gasteiger charge is 2.17. The average molecular weight is 308 g/mol. The largest absolute Gasteiger partial charge is 0.348 e. The van der Waals surface area contributed by atoms with Crippen LogP contribution in [0.5, 0.6) is 0 Å². The van der Waals surface area contributed by atoms with Crippen LogP contribution >= 0.6 is 11.6 Å². The highest BCUT2D eigenvalue weighted by atomic mass is 35.5. The van der Waals surface area contributed by atoms with Crippen LogP contribution in [0.3, 0.4) is 0 Å². The number of hydrogen-bond donors (Lipinski definition) is 1. The Balaban J connectivity index is 1.94. The minimum absolute atomic E-state index is 0.0987. The van der Waals surface area contributed by atoms with Crippen molar-refractivity contribution in [2.75, 3.05) is 0 Å². The summed E-state index contributed by atoms with van der Waals surface area (Å²) in [5, 5.41) is 9.61. The number of imidazole rings is 1. The van der Waals surface area contributed by atoms with Crippen LogP contribution in [0.25, 0.3) is 0 Å². The molecule has 1 atom stereocenters. The maximum Gasteiger partial charge on any atom is 0.113 e. The van der Waals surface area contributed by atoms with E-state index in [1.54, 1.807) is 6.20 Å². The molecule has 3 rings (SSSR count). The highest BCUT2D eigenvalue weighted by molar-refractivity contribution is 6.30. The van der Waals surface area contributed by atoms with E-state index in [4.69, 9.17) is 16.9 Å². The predicted molar refractivity (Wildman–Crippen MR) is 86.7 cm³/mol. The van der Waals surface area contributed by atoms with E-state index in [2.05, 4.69) is 22.1 Å². The number of halogens is 1. The molecule has 0 bridgehead atoms. The van der Waals surface area contributed by atoms with E-state index in [1.165, 1.54) is 0 Å². The van der Waals surface area contributed by atoms with E-state index in [9.17, 15) is 0 Å². The fourth-order valence-electron chi connectivity index (χ4n) is 2.51. The highest BCUT2D eigenvalue weighted by Crippen LogP contribution is 2.28. The van der Waals surface area contributed by atoms with Gasteiger partial charge in [-0.25, -0.2) is 4.98 Å². The number of aromatic nitrogens is 2. The van der Waals surface area contributed by atoms with Gasteiger partial charge in [0.25, 0.3) is 0 Å². The second-order valence-corrected chi connectivity index (χ2v) is 5.53. The lowest BCUT2D eigenvalue weighted by Crippen LogP contribution is -2.07. The summed E-state index contributed by atoms with van der Waals surface area (Å²) >= 11 is 6.13. The molecule has 4 heteroatoms. The van der Waals surface area contributed by atoms with E-state index in [1.807, 2.05) is 48.7 Å². The van der Waals surface area contributed by atoms with Crippen LogP contribution in [-0.2, 0) is 6.42 Å². The van der Waals surface area contributed by atoms with Crippen LogP contribution in [0.2, 0.25) is 5.02 Å². The van der Waals surface area contributed by atoms with Crippen molar-refractivity contribution in [3.8, 4) is 6.07 Å². The summed E-state index contributed by atoms with van der Waals surface area (Å²) in [4.78, 5) is 7.59. The zero-order chi connectivity index (χ0) is 15.4. The molecule has 22 heavy (non-hydrogen) atoms. The zero-order valence-electron chi connectivity index (χ0n) is 11.8. The van der Waals surface area contributed by atoms with Gasteiger partial charge in [-0.1, -0.05) is 35.9 Å². The van der Waals surface area contributed by atoms with Crippen molar-refractivity contribution in [2.45, 2.75) is 12.3 Å². The number of nitrogens with one attached hydrogen (secondary N) is 1. The first-order valence-electron chi connectivity index (χ1n) is 7.00. The Hall–Kier alpha value is -2.57. The molecule has 0 amide bonds. The summed E-state index contributed by atoms with van der Waals surface area (Å²) in [6.45, 7) is 0. The van der Waals surface area contributed by atoms with Gasteiger partial charge >= 0.3 is 0 Å². The molecule has 2 aromatic carbocycles. The minimum atomic E-state index is 0.0987.